The Morgan fingerprint density at radius 2 is 2.14 bits per heavy atom. The van der Waals surface area contributed by atoms with Crippen molar-refractivity contribution in [2.75, 3.05) is 11.9 Å². The van der Waals surface area contributed by atoms with Gasteiger partial charge in [0.1, 0.15) is 6.17 Å². The van der Waals surface area contributed by atoms with Gasteiger partial charge in [-0.3, -0.25) is 14.0 Å². The average Bonchev–Trinajstić information content (AvgIpc) is 3.37. The Hall–Kier alpha value is -2.83. The molecule has 3 aromatic rings. The summed E-state index contributed by atoms with van der Waals surface area (Å²) < 4.78 is 43.2. The lowest BCUT2D eigenvalue weighted by atomic mass is 10.1. The minimum atomic E-state index is -4.21. The second kappa shape index (κ2) is 10.4. The van der Waals surface area contributed by atoms with Crippen LogP contribution in [0, 0.1) is 5.92 Å². The van der Waals surface area contributed by atoms with Crippen LogP contribution in [-0.2, 0) is 21.0 Å². The number of nitrogens with two attached hydrogens (primary N) is 1. The number of halogens is 2. The van der Waals surface area contributed by atoms with E-state index in [9.17, 15) is 22.7 Å². The fourth-order valence-electron chi connectivity index (χ4n) is 4.16. The van der Waals surface area contributed by atoms with Crippen LogP contribution in [0.15, 0.2) is 61.2 Å². The molecule has 0 unspecified atom stereocenters. The SMILES string of the molecule is NS(=O)(=O)OC[C@H]1C[C@@H](Nc2ccncc2C(=O)c2ccn(Cc3cccc(Cl)c3)c2)[C@@H](F)[C@@H]1O. The van der Waals surface area contributed by atoms with Crippen molar-refractivity contribution in [2.45, 2.75) is 31.3 Å². The Kier molecular flexibility index (Phi) is 7.53. The standard InChI is InChI=1S/C23H24ClFN4O5S/c24-17-3-1-2-14(8-17)11-29-7-5-15(12-29)22(30)18-10-27-6-4-19(18)28-20-9-16(23(31)21(20)25)13-34-35(26,32)33/h1-8,10,12,16,20-21,23,31H,9,11,13H2,(H,27,28)(H2,26,32,33)/t16-,20-,21-,23-/m1/s1. The number of carbonyl (C=O) groups is 1. The number of carbonyl (C=O) groups excluding carboxylic acids is 1. The summed E-state index contributed by atoms with van der Waals surface area (Å²) in [6, 6.07) is 9.77. The molecular formula is C23H24ClFN4O5S. The van der Waals surface area contributed by atoms with Crippen molar-refractivity contribution in [1.82, 2.24) is 9.55 Å². The Balaban J connectivity index is 1.47. The van der Waals surface area contributed by atoms with Crippen LogP contribution in [0.3, 0.4) is 0 Å². The van der Waals surface area contributed by atoms with Crippen molar-refractivity contribution in [1.29, 1.82) is 0 Å². The molecule has 186 valence electrons. The third-order valence-corrected chi connectivity index (χ3v) is 6.57. The molecule has 1 aliphatic rings. The summed E-state index contributed by atoms with van der Waals surface area (Å²) in [5.41, 5.74) is 1.98. The number of aromatic nitrogens is 2. The fourth-order valence-corrected chi connectivity index (χ4v) is 4.73. The van der Waals surface area contributed by atoms with E-state index in [0.29, 0.717) is 22.8 Å². The van der Waals surface area contributed by atoms with Gasteiger partial charge in [0.05, 0.1) is 24.3 Å². The molecule has 0 bridgehead atoms. The van der Waals surface area contributed by atoms with Crippen molar-refractivity contribution in [3.8, 4) is 0 Å². The molecule has 4 rings (SSSR count). The highest BCUT2D eigenvalue weighted by Gasteiger charge is 2.43. The summed E-state index contributed by atoms with van der Waals surface area (Å²) in [7, 11) is -4.21. The number of benzene rings is 1. The number of anilines is 1. The van der Waals surface area contributed by atoms with Crippen molar-refractivity contribution in [3.63, 3.8) is 0 Å². The Morgan fingerprint density at radius 1 is 1.34 bits per heavy atom. The maximum Gasteiger partial charge on any atom is 0.333 e. The fraction of sp³-hybridized carbons (Fsp3) is 0.304. The highest BCUT2D eigenvalue weighted by molar-refractivity contribution is 7.84. The normalized spacial score (nSPS) is 22.3. The summed E-state index contributed by atoms with van der Waals surface area (Å²) in [6.07, 6.45) is 3.25. The minimum absolute atomic E-state index is 0.0732. The van der Waals surface area contributed by atoms with Gasteiger partial charge in [-0.05, 0) is 36.2 Å². The number of aliphatic hydroxyl groups excluding tert-OH is 1. The van der Waals surface area contributed by atoms with E-state index in [1.807, 2.05) is 22.8 Å². The van der Waals surface area contributed by atoms with Crippen LogP contribution in [0.2, 0.25) is 5.02 Å². The zero-order valence-electron chi connectivity index (χ0n) is 18.4. The molecule has 0 saturated heterocycles. The first kappa shape index (κ1) is 25.3. The third kappa shape index (κ3) is 6.24. The zero-order valence-corrected chi connectivity index (χ0v) is 20.0. The summed E-state index contributed by atoms with van der Waals surface area (Å²) in [5, 5.41) is 18.6. The first-order valence-electron chi connectivity index (χ1n) is 10.8. The number of aliphatic hydroxyl groups is 1. The summed E-state index contributed by atoms with van der Waals surface area (Å²) in [5.74, 6) is -1.10. The number of nitrogens with zero attached hydrogens (tertiary/aromatic N) is 2. The van der Waals surface area contributed by atoms with E-state index in [-0.39, 0.29) is 17.8 Å². The van der Waals surface area contributed by atoms with Gasteiger partial charge in [-0.15, -0.1) is 0 Å². The van der Waals surface area contributed by atoms with Gasteiger partial charge in [0.2, 0.25) is 0 Å². The Labute approximate surface area is 206 Å². The highest BCUT2D eigenvalue weighted by atomic mass is 35.5. The van der Waals surface area contributed by atoms with Crippen LogP contribution in [0.4, 0.5) is 10.1 Å². The van der Waals surface area contributed by atoms with Crippen molar-refractivity contribution in [3.05, 3.63) is 82.9 Å². The van der Waals surface area contributed by atoms with Crippen LogP contribution in [-0.4, -0.2) is 53.8 Å². The molecule has 1 saturated carbocycles. The van der Waals surface area contributed by atoms with E-state index >= 15 is 0 Å². The maximum atomic E-state index is 14.8. The van der Waals surface area contributed by atoms with Gasteiger partial charge in [-0.25, -0.2) is 9.53 Å². The molecule has 12 heteroatoms. The number of alkyl halides is 1. The van der Waals surface area contributed by atoms with Gasteiger partial charge in [-0.1, -0.05) is 23.7 Å². The Bertz CT molecular complexity index is 1320. The maximum absolute atomic E-state index is 14.8. The van der Waals surface area contributed by atoms with Crippen LogP contribution in [0.1, 0.15) is 27.9 Å². The molecule has 35 heavy (non-hydrogen) atoms. The van der Waals surface area contributed by atoms with E-state index in [4.69, 9.17) is 16.7 Å². The quantitative estimate of drug-likeness (QED) is 0.367. The molecule has 9 nitrogen and oxygen atoms in total. The number of pyridine rings is 1. The van der Waals surface area contributed by atoms with Crippen molar-refractivity contribution < 1.29 is 26.9 Å². The lowest BCUT2D eigenvalue weighted by molar-refractivity contribution is 0.0501. The van der Waals surface area contributed by atoms with Gasteiger partial charge < -0.3 is 15.0 Å². The number of ketones is 1. The Morgan fingerprint density at radius 3 is 2.89 bits per heavy atom. The molecular weight excluding hydrogens is 499 g/mol. The number of rotatable bonds is 9. The summed E-state index contributed by atoms with van der Waals surface area (Å²) in [6.45, 7) is 0.0817. The molecule has 2 heterocycles. The van der Waals surface area contributed by atoms with Gasteiger partial charge in [0, 0.05) is 53.5 Å². The first-order chi connectivity index (χ1) is 16.6. The van der Waals surface area contributed by atoms with E-state index in [1.54, 1.807) is 30.6 Å². The third-order valence-electron chi connectivity index (χ3n) is 5.87. The van der Waals surface area contributed by atoms with E-state index < -0.39 is 41.1 Å². The predicted molar refractivity (Wildman–Crippen MR) is 128 cm³/mol. The van der Waals surface area contributed by atoms with Gasteiger partial charge in [0.25, 0.3) is 0 Å². The van der Waals surface area contributed by atoms with E-state index in [2.05, 4.69) is 14.5 Å². The van der Waals surface area contributed by atoms with Gasteiger partial charge >= 0.3 is 10.3 Å². The van der Waals surface area contributed by atoms with Crippen LogP contribution >= 0.6 is 11.6 Å². The van der Waals surface area contributed by atoms with E-state index in [1.165, 1.54) is 12.4 Å². The van der Waals surface area contributed by atoms with E-state index in [0.717, 1.165) is 5.56 Å². The lowest BCUT2D eigenvalue weighted by Gasteiger charge is -2.19. The zero-order chi connectivity index (χ0) is 25.2. The second-order valence-corrected chi connectivity index (χ2v) is 10.1. The molecule has 1 fully saturated rings. The molecule has 1 aliphatic carbocycles. The summed E-state index contributed by atoms with van der Waals surface area (Å²) >= 11 is 6.04. The average molecular weight is 523 g/mol. The van der Waals surface area contributed by atoms with Crippen LogP contribution < -0.4 is 10.5 Å². The van der Waals surface area contributed by atoms with Crippen LogP contribution in [0.25, 0.3) is 0 Å². The van der Waals surface area contributed by atoms with Crippen molar-refractivity contribution >= 4 is 33.4 Å². The highest BCUT2D eigenvalue weighted by Crippen LogP contribution is 2.33. The molecule has 4 N–H and O–H groups in total. The molecule has 0 spiro atoms. The second-order valence-electron chi connectivity index (χ2n) is 8.41. The first-order valence-corrected chi connectivity index (χ1v) is 12.6. The largest absolute Gasteiger partial charge is 0.390 e. The molecule has 1 aromatic carbocycles. The molecule has 2 aromatic heterocycles. The van der Waals surface area contributed by atoms with Gasteiger partial charge in [-0.2, -0.15) is 8.42 Å². The molecule has 4 atom stereocenters. The minimum Gasteiger partial charge on any atom is -0.390 e. The smallest absolute Gasteiger partial charge is 0.333 e. The van der Waals surface area contributed by atoms with Crippen LogP contribution in [0.5, 0.6) is 0 Å². The monoisotopic (exact) mass is 522 g/mol. The number of hydrogen-bond acceptors (Lipinski definition) is 7. The number of nitrogens with one attached hydrogen (secondary N) is 1. The summed E-state index contributed by atoms with van der Waals surface area (Å²) in [4.78, 5) is 17.3. The lowest BCUT2D eigenvalue weighted by Crippen LogP contribution is -2.32. The molecule has 0 amide bonds. The number of hydrogen-bond donors (Lipinski definition) is 3. The topological polar surface area (TPSA) is 137 Å². The molecule has 0 aliphatic heterocycles. The molecule has 0 radical (unpaired) electrons. The van der Waals surface area contributed by atoms with Crippen molar-refractivity contribution in [2.24, 2.45) is 11.1 Å². The predicted octanol–water partition coefficient (Wildman–Crippen LogP) is 2.54. The van der Waals surface area contributed by atoms with Gasteiger partial charge in [0.15, 0.2) is 5.78 Å².